The van der Waals surface area contributed by atoms with Crippen molar-refractivity contribution in [2.75, 3.05) is 37.7 Å². The number of anilines is 1. The molecule has 60 heavy (non-hydrogen) atoms. The van der Waals surface area contributed by atoms with Gasteiger partial charge in [-0.1, -0.05) is 117 Å². The SMILES string of the molecule is CCCCCCN(CC1CCCCC1)c1ccc2c(-c3ccccc3C(=O)OCC(C)C)c3ccc(=[N+](CCCCCC)CC4CCCCC4)cc-3oc2c1.[O-][Cl+3]([O-])([O-])[O-]. The van der Waals surface area contributed by atoms with E-state index in [2.05, 4.69) is 79.6 Å². The molecule has 9 nitrogen and oxygen atoms in total. The molecule has 10 heteroatoms. The number of hydrogen-bond donors (Lipinski definition) is 0. The van der Waals surface area contributed by atoms with Crippen LogP contribution in [-0.2, 0) is 4.74 Å². The Kier molecular flexibility index (Phi) is 19.2. The number of hydrogen-bond acceptors (Lipinski definition) is 8. The summed E-state index contributed by atoms with van der Waals surface area (Å²) in [4.78, 5) is 16.4. The zero-order valence-electron chi connectivity index (χ0n) is 36.9. The summed E-state index contributed by atoms with van der Waals surface area (Å²) >= 11 is 0. The van der Waals surface area contributed by atoms with Gasteiger partial charge in [-0.2, -0.15) is 0 Å². The molecule has 2 aromatic carbocycles. The van der Waals surface area contributed by atoms with E-state index < -0.39 is 10.2 Å². The van der Waals surface area contributed by atoms with Gasteiger partial charge in [0.1, 0.15) is 24.4 Å². The molecular formula is C50H71ClN2O7. The van der Waals surface area contributed by atoms with Crippen LogP contribution < -0.4 is 33.5 Å². The first-order valence-corrected chi connectivity index (χ1v) is 24.4. The second kappa shape index (κ2) is 24.2. The Morgan fingerprint density at radius 3 is 2.10 bits per heavy atom. The smallest absolute Gasteiger partial charge is 0.338 e. The van der Waals surface area contributed by atoms with Gasteiger partial charge >= 0.3 is 5.97 Å². The minimum Gasteiger partial charge on any atom is -0.462 e. The van der Waals surface area contributed by atoms with E-state index in [-0.39, 0.29) is 11.9 Å². The molecule has 0 saturated heterocycles. The highest BCUT2D eigenvalue weighted by molar-refractivity contribution is 6.08. The lowest BCUT2D eigenvalue weighted by atomic mass is 9.88. The molecule has 0 unspecified atom stereocenters. The van der Waals surface area contributed by atoms with Crippen molar-refractivity contribution >= 4 is 22.6 Å². The van der Waals surface area contributed by atoms with Crippen LogP contribution >= 0.6 is 0 Å². The van der Waals surface area contributed by atoms with E-state index >= 15 is 0 Å². The fourth-order valence-electron chi connectivity index (χ4n) is 9.22. The van der Waals surface area contributed by atoms with Crippen LogP contribution in [0, 0.1) is 28.0 Å². The molecule has 4 aliphatic rings. The van der Waals surface area contributed by atoms with Crippen LogP contribution in [0.1, 0.15) is 154 Å². The van der Waals surface area contributed by atoms with Crippen molar-refractivity contribution in [3.05, 3.63) is 71.6 Å². The normalized spacial score (nSPS) is 15.9. The number of nitrogens with zero attached hydrogens (tertiary/aromatic N) is 2. The van der Waals surface area contributed by atoms with Crippen LogP contribution in [0.2, 0.25) is 0 Å². The quantitative estimate of drug-likeness (QED) is 0.0399. The summed E-state index contributed by atoms with van der Waals surface area (Å²) in [5, 5.41) is 2.29. The van der Waals surface area contributed by atoms with Crippen LogP contribution in [0.15, 0.2) is 65.1 Å². The largest absolute Gasteiger partial charge is 0.462 e. The van der Waals surface area contributed by atoms with Crippen molar-refractivity contribution in [2.24, 2.45) is 17.8 Å². The van der Waals surface area contributed by atoms with Crippen LogP contribution in [-0.4, -0.2) is 38.8 Å². The minimum absolute atomic E-state index is 0.266. The molecule has 330 valence electrons. The molecule has 0 spiro atoms. The zero-order chi connectivity index (χ0) is 42.9. The topological polar surface area (TPSA) is 138 Å². The van der Waals surface area contributed by atoms with Crippen molar-refractivity contribution < 1.29 is 42.8 Å². The summed E-state index contributed by atoms with van der Waals surface area (Å²) < 4.78 is 49.5. The lowest BCUT2D eigenvalue weighted by molar-refractivity contribution is -2.00. The zero-order valence-corrected chi connectivity index (χ0v) is 37.7. The first-order valence-electron chi connectivity index (χ1n) is 23.2. The molecule has 3 aliphatic carbocycles. The summed E-state index contributed by atoms with van der Waals surface area (Å²) in [5.41, 5.74) is 5.73. The molecule has 0 N–H and O–H groups in total. The summed E-state index contributed by atoms with van der Waals surface area (Å²) in [7, 11) is -4.94. The third-order valence-electron chi connectivity index (χ3n) is 12.4. The summed E-state index contributed by atoms with van der Waals surface area (Å²) in [6.45, 7) is 13.5. The van der Waals surface area contributed by atoms with Crippen LogP contribution in [0.4, 0.5) is 5.69 Å². The second-order valence-electron chi connectivity index (χ2n) is 17.8. The van der Waals surface area contributed by atoms with Gasteiger partial charge in [-0.05, 0) is 80.2 Å². The van der Waals surface area contributed by atoms with E-state index in [0.717, 1.165) is 71.4 Å². The van der Waals surface area contributed by atoms with E-state index in [1.165, 1.54) is 127 Å². The van der Waals surface area contributed by atoms with E-state index in [1.54, 1.807) is 0 Å². The number of esters is 1. The molecular weight excluding hydrogens is 776 g/mol. The molecule has 2 fully saturated rings. The Morgan fingerprint density at radius 2 is 1.43 bits per heavy atom. The average Bonchev–Trinajstić information content (AvgIpc) is 3.24. The first-order chi connectivity index (χ1) is 28.9. The third-order valence-corrected chi connectivity index (χ3v) is 12.4. The summed E-state index contributed by atoms with van der Waals surface area (Å²) in [5.74, 6) is 2.38. The molecule has 2 saturated carbocycles. The fourth-order valence-corrected chi connectivity index (χ4v) is 9.22. The van der Waals surface area contributed by atoms with Gasteiger partial charge in [-0.25, -0.2) is 28.0 Å². The first kappa shape index (κ1) is 47.6. The van der Waals surface area contributed by atoms with Gasteiger partial charge < -0.3 is 14.1 Å². The average molecular weight is 848 g/mol. The molecule has 0 atom stereocenters. The van der Waals surface area contributed by atoms with Crippen molar-refractivity contribution in [3.8, 4) is 22.5 Å². The van der Waals surface area contributed by atoms with Gasteiger partial charge in [-0.3, -0.25) is 0 Å². The van der Waals surface area contributed by atoms with Crippen LogP contribution in [0.5, 0.6) is 0 Å². The van der Waals surface area contributed by atoms with Gasteiger partial charge in [0, 0.05) is 59.8 Å². The third kappa shape index (κ3) is 14.9. The highest BCUT2D eigenvalue weighted by Crippen LogP contribution is 2.42. The molecule has 6 rings (SSSR count). The van der Waals surface area contributed by atoms with Crippen LogP contribution in [0.25, 0.3) is 33.4 Å². The molecule has 1 aliphatic heterocycles. The highest BCUT2D eigenvalue weighted by Gasteiger charge is 2.26. The maximum absolute atomic E-state index is 13.7. The number of fused-ring (bicyclic) bond motifs is 2. The number of unbranched alkanes of at least 4 members (excludes halogenated alkanes) is 6. The standard InChI is InChI=1S/C50H71N2O3.ClHO4/c1-5-7-9-19-31-51(35-39-21-13-11-14-22-39)41-27-29-45-47(33-41)55-48-34-42(52(32-20-10-8-6-2)36-40-23-15-12-16-24-40)28-30-46(48)49(45)43-25-17-18-26-44(43)50(53)54-37-38(3)4;2-1(3,4)5/h17-18,25-30,33-34,38-40H,5-16,19-24,31-32,35-37H2,1-4H3;(H,2,3,4,5)/q+1;/p-1. The predicted molar refractivity (Wildman–Crippen MR) is 232 cm³/mol. The number of carbonyl (C=O) groups is 1. The fraction of sp³-hybridized carbons (Fsp3) is 0.600. The van der Waals surface area contributed by atoms with Crippen LogP contribution in [0.3, 0.4) is 0 Å². The minimum atomic E-state index is -4.94. The molecule has 0 amide bonds. The Bertz CT molecular complexity index is 1940. The van der Waals surface area contributed by atoms with Crippen molar-refractivity contribution in [1.82, 2.24) is 4.58 Å². The van der Waals surface area contributed by atoms with E-state index in [1.807, 2.05) is 18.2 Å². The second-order valence-corrected chi connectivity index (χ2v) is 18.5. The Morgan fingerprint density at radius 1 is 0.783 bits per heavy atom. The predicted octanol–water partition coefficient (Wildman–Crippen LogP) is 8.16. The maximum Gasteiger partial charge on any atom is 0.338 e. The van der Waals surface area contributed by atoms with Gasteiger partial charge in [0.15, 0.2) is 0 Å². The molecule has 0 aromatic heterocycles. The van der Waals surface area contributed by atoms with Crippen molar-refractivity contribution in [3.63, 3.8) is 0 Å². The molecule has 1 heterocycles. The van der Waals surface area contributed by atoms with E-state index in [0.29, 0.717) is 12.2 Å². The number of ether oxygens (including phenoxy) is 1. The van der Waals surface area contributed by atoms with Crippen molar-refractivity contribution in [1.29, 1.82) is 0 Å². The van der Waals surface area contributed by atoms with E-state index in [9.17, 15) is 4.79 Å². The number of benzene rings is 3. The van der Waals surface area contributed by atoms with E-state index in [4.69, 9.17) is 27.8 Å². The Hall–Kier alpha value is -3.47. The lowest BCUT2D eigenvalue weighted by Crippen LogP contribution is -2.68. The number of carbonyl (C=O) groups excluding carboxylic acids is 1. The Labute approximate surface area is 361 Å². The van der Waals surface area contributed by atoms with Crippen molar-refractivity contribution in [2.45, 2.75) is 143 Å². The highest BCUT2D eigenvalue weighted by atomic mass is 35.7. The molecule has 0 radical (unpaired) electrons. The lowest BCUT2D eigenvalue weighted by Gasteiger charge is -2.32. The van der Waals surface area contributed by atoms with Gasteiger partial charge in [0.05, 0.1) is 18.2 Å². The van der Waals surface area contributed by atoms with Gasteiger partial charge in [0.25, 0.3) is 0 Å². The number of halogens is 1. The summed E-state index contributed by atoms with van der Waals surface area (Å²) in [6.07, 6.45) is 23.6. The summed E-state index contributed by atoms with van der Waals surface area (Å²) in [6, 6.07) is 21.8. The van der Waals surface area contributed by atoms with Gasteiger partial charge in [-0.15, -0.1) is 10.2 Å². The monoisotopic (exact) mass is 846 g/mol. The van der Waals surface area contributed by atoms with Gasteiger partial charge in [0.2, 0.25) is 5.36 Å². The molecule has 0 bridgehead atoms. The number of rotatable bonds is 19. The Balaban J connectivity index is 0.00000129. The molecule has 2 aromatic rings. The maximum atomic E-state index is 13.7.